The highest BCUT2D eigenvalue weighted by Crippen LogP contribution is 2.11. The van der Waals surface area contributed by atoms with Crippen LogP contribution in [0.25, 0.3) is 0 Å². The van der Waals surface area contributed by atoms with Crippen molar-refractivity contribution in [2.75, 3.05) is 19.7 Å². The molecule has 1 unspecified atom stereocenters. The number of carboxylic acids is 1. The molecule has 0 radical (unpaired) electrons. The smallest absolute Gasteiger partial charge is 0.303 e. The van der Waals surface area contributed by atoms with Gasteiger partial charge in [-0.25, -0.2) is 0 Å². The average molecular weight is 229 g/mol. The second kappa shape index (κ2) is 8.53. The molecule has 1 rings (SSSR count). The predicted molar refractivity (Wildman–Crippen MR) is 62.6 cm³/mol. The maximum Gasteiger partial charge on any atom is 0.303 e. The fraction of sp³-hybridized carbons (Fsp3) is 0.917. The van der Waals surface area contributed by atoms with Gasteiger partial charge >= 0.3 is 5.97 Å². The van der Waals surface area contributed by atoms with Crippen molar-refractivity contribution in [1.29, 1.82) is 0 Å². The van der Waals surface area contributed by atoms with Crippen LogP contribution in [0.5, 0.6) is 0 Å². The summed E-state index contributed by atoms with van der Waals surface area (Å²) in [6, 6.07) is 0. The molecule has 94 valence electrons. The van der Waals surface area contributed by atoms with Crippen molar-refractivity contribution in [3.05, 3.63) is 0 Å². The summed E-state index contributed by atoms with van der Waals surface area (Å²) in [6.45, 7) is 2.82. The molecule has 0 aromatic rings. The normalized spacial score (nSPS) is 20.9. The molecule has 0 aromatic carbocycles. The van der Waals surface area contributed by atoms with Crippen molar-refractivity contribution >= 4 is 5.97 Å². The number of carbonyl (C=O) groups is 1. The Hall–Kier alpha value is -0.610. The van der Waals surface area contributed by atoms with Gasteiger partial charge in [-0.15, -0.1) is 0 Å². The number of unbranched alkanes of at least 4 members (excludes halogenated alkanes) is 2. The Kier molecular flexibility index (Phi) is 7.17. The molecule has 0 aromatic heterocycles. The lowest BCUT2D eigenvalue weighted by Gasteiger charge is -2.22. The van der Waals surface area contributed by atoms with E-state index in [9.17, 15) is 4.79 Å². The van der Waals surface area contributed by atoms with Crippen molar-refractivity contribution in [2.45, 2.75) is 51.0 Å². The van der Waals surface area contributed by atoms with Crippen LogP contribution in [0.2, 0.25) is 0 Å². The second-order valence-electron chi connectivity index (χ2n) is 4.40. The first kappa shape index (κ1) is 13.5. The largest absolute Gasteiger partial charge is 0.481 e. The second-order valence-corrected chi connectivity index (χ2v) is 4.40. The Morgan fingerprint density at radius 3 is 2.88 bits per heavy atom. The Labute approximate surface area is 97.4 Å². The van der Waals surface area contributed by atoms with Gasteiger partial charge in [-0.3, -0.25) is 4.79 Å². The third-order valence-electron chi connectivity index (χ3n) is 2.89. The lowest BCUT2D eigenvalue weighted by atomic mass is 10.1. The van der Waals surface area contributed by atoms with Crippen LogP contribution in [-0.4, -0.2) is 36.9 Å². The molecular formula is C12H23NO3. The third kappa shape index (κ3) is 6.80. The third-order valence-corrected chi connectivity index (χ3v) is 2.89. The monoisotopic (exact) mass is 229 g/mol. The van der Waals surface area contributed by atoms with E-state index in [-0.39, 0.29) is 0 Å². The van der Waals surface area contributed by atoms with Gasteiger partial charge in [-0.05, 0) is 38.6 Å². The summed E-state index contributed by atoms with van der Waals surface area (Å²) in [5.41, 5.74) is 0. The number of aliphatic carboxylic acids is 1. The molecule has 4 heteroatoms. The molecule has 0 saturated carbocycles. The Morgan fingerprint density at radius 2 is 2.19 bits per heavy atom. The molecule has 1 saturated heterocycles. The van der Waals surface area contributed by atoms with Gasteiger partial charge in [0.25, 0.3) is 0 Å². The number of rotatable bonds is 8. The van der Waals surface area contributed by atoms with Crippen molar-refractivity contribution in [2.24, 2.45) is 0 Å². The number of ether oxygens (including phenoxy) is 1. The molecule has 1 aliphatic heterocycles. The number of carboxylic acid groups (broad SMARTS) is 1. The first-order chi connectivity index (χ1) is 7.79. The van der Waals surface area contributed by atoms with Gasteiger partial charge in [0.05, 0.1) is 6.10 Å². The summed E-state index contributed by atoms with van der Waals surface area (Å²) < 4.78 is 5.60. The maximum absolute atomic E-state index is 10.3. The number of hydrogen-bond acceptors (Lipinski definition) is 3. The van der Waals surface area contributed by atoms with E-state index >= 15 is 0 Å². The van der Waals surface area contributed by atoms with Crippen LogP contribution in [0.1, 0.15) is 44.9 Å². The molecule has 1 fully saturated rings. The lowest BCUT2D eigenvalue weighted by Crippen LogP contribution is -2.32. The zero-order valence-corrected chi connectivity index (χ0v) is 9.91. The van der Waals surface area contributed by atoms with E-state index in [1.54, 1.807) is 0 Å². The van der Waals surface area contributed by atoms with E-state index in [4.69, 9.17) is 9.84 Å². The topological polar surface area (TPSA) is 58.6 Å². The van der Waals surface area contributed by atoms with Gasteiger partial charge in [0.15, 0.2) is 0 Å². The summed E-state index contributed by atoms with van der Waals surface area (Å²) in [5.74, 6) is -0.691. The zero-order valence-electron chi connectivity index (χ0n) is 9.91. The van der Waals surface area contributed by atoms with Crippen LogP contribution in [0, 0.1) is 0 Å². The highest BCUT2D eigenvalue weighted by Gasteiger charge is 2.12. The van der Waals surface area contributed by atoms with E-state index < -0.39 is 5.97 Å². The molecule has 2 N–H and O–H groups in total. The van der Waals surface area contributed by atoms with Gasteiger partial charge in [-0.2, -0.15) is 0 Å². The quantitative estimate of drug-likeness (QED) is 0.623. The van der Waals surface area contributed by atoms with Crippen LogP contribution < -0.4 is 5.32 Å². The molecule has 1 aliphatic rings. The molecule has 0 bridgehead atoms. The predicted octanol–water partition coefficient (Wildman–Crippen LogP) is 1.79. The Bertz CT molecular complexity index is 191. The van der Waals surface area contributed by atoms with Gasteiger partial charge in [0.1, 0.15) is 0 Å². The minimum absolute atomic E-state index is 0.297. The van der Waals surface area contributed by atoms with Crippen LogP contribution >= 0.6 is 0 Å². The molecular weight excluding hydrogens is 206 g/mol. The Balaban J connectivity index is 1.82. The van der Waals surface area contributed by atoms with Gasteiger partial charge in [0, 0.05) is 19.6 Å². The van der Waals surface area contributed by atoms with Crippen LogP contribution in [-0.2, 0) is 9.53 Å². The SMILES string of the molecule is O=C(O)CCCCCNCC1CCCCO1. The average Bonchev–Trinajstić information content (AvgIpc) is 2.29. The van der Waals surface area contributed by atoms with Crippen LogP contribution in [0.4, 0.5) is 0 Å². The molecule has 0 amide bonds. The van der Waals surface area contributed by atoms with Gasteiger partial charge in [0.2, 0.25) is 0 Å². The van der Waals surface area contributed by atoms with E-state index in [1.165, 1.54) is 19.3 Å². The molecule has 0 spiro atoms. The number of hydrogen-bond donors (Lipinski definition) is 2. The van der Waals surface area contributed by atoms with Crippen molar-refractivity contribution in [3.63, 3.8) is 0 Å². The first-order valence-corrected chi connectivity index (χ1v) is 6.33. The minimum atomic E-state index is -0.691. The lowest BCUT2D eigenvalue weighted by molar-refractivity contribution is -0.137. The van der Waals surface area contributed by atoms with Gasteiger partial charge in [-0.1, -0.05) is 6.42 Å². The summed E-state index contributed by atoms with van der Waals surface area (Å²) >= 11 is 0. The molecule has 0 aliphatic carbocycles. The first-order valence-electron chi connectivity index (χ1n) is 6.33. The van der Waals surface area contributed by atoms with Crippen molar-refractivity contribution in [3.8, 4) is 0 Å². The fourth-order valence-electron chi connectivity index (χ4n) is 1.93. The van der Waals surface area contributed by atoms with Crippen molar-refractivity contribution < 1.29 is 14.6 Å². The highest BCUT2D eigenvalue weighted by molar-refractivity contribution is 5.66. The number of nitrogens with one attached hydrogen (secondary N) is 1. The fourth-order valence-corrected chi connectivity index (χ4v) is 1.93. The highest BCUT2D eigenvalue weighted by atomic mass is 16.5. The summed E-state index contributed by atoms with van der Waals surface area (Å²) in [6.07, 6.45) is 7.18. The summed E-state index contributed by atoms with van der Waals surface area (Å²) in [7, 11) is 0. The summed E-state index contributed by atoms with van der Waals surface area (Å²) in [4.78, 5) is 10.3. The van der Waals surface area contributed by atoms with E-state index in [1.807, 2.05) is 0 Å². The van der Waals surface area contributed by atoms with Crippen LogP contribution in [0.3, 0.4) is 0 Å². The molecule has 1 atom stereocenters. The molecule has 16 heavy (non-hydrogen) atoms. The zero-order chi connectivity index (χ0) is 11.6. The van der Waals surface area contributed by atoms with E-state index in [2.05, 4.69) is 5.32 Å². The standard InChI is InChI=1S/C12H23NO3/c14-12(15)7-2-1-4-8-13-10-11-6-3-5-9-16-11/h11,13H,1-10H2,(H,14,15). The van der Waals surface area contributed by atoms with E-state index in [0.29, 0.717) is 12.5 Å². The summed E-state index contributed by atoms with van der Waals surface area (Å²) in [5, 5.41) is 11.8. The molecule has 1 heterocycles. The maximum atomic E-state index is 10.3. The minimum Gasteiger partial charge on any atom is -0.481 e. The Morgan fingerprint density at radius 1 is 1.31 bits per heavy atom. The van der Waals surface area contributed by atoms with E-state index in [0.717, 1.165) is 39.0 Å². The van der Waals surface area contributed by atoms with Crippen LogP contribution in [0.15, 0.2) is 0 Å². The van der Waals surface area contributed by atoms with Gasteiger partial charge < -0.3 is 15.2 Å². The van der Waals surface area contributed by atoms with Crippen molar-refractivity contribution in [1.82, 2.24) is 5.32 Å². The molecule has 4 nitrogen and oxygen atoms in total.